The molecule has 2 heterocycles. The van der Waals surface area contributed by atoms with Gasteiger partial charge in [0.05, 0.1) is 17.7 Å². The molecule has 0 aromatic heterocycles. The number of carbonyl (C=O) groups is 2. The van der Waals surface area contributed by atoms with Gasteiger partial charge in [-0.3, -0.25) is 14.5 Å². The van der Waals surface area contributed by atoms with E-state index in [0.717, 1.165) is 38.5 Å². The van der Waals surface area contributed by atoms with Crippen LogP contribution in [0.3, 0.4) is 0 Å². The van der Waals surface area contributed by atoms with Crippen molar-refractivity contribution < 1.29 is 19.1 Å². The van der Waals surface area contributed by atoms with Crippen molar-refractivity contribution in [2.24, 2.45) is 0 Å². The van der Waals surface area contributed by atoms with Crippen LogP contribution in [0.1, 0.15) is 61.7 Å². The van der Waals surface area contributed by atoms with Gasteiger partial charge in [0.15, 0.2) is 0 Å². The number of rotatable bonds is 4. The van der Waals surface area contributed by atoms with Crippen molar-refractivity contribution in [1.82, 2.24) is 15.1 Å². The van der Waals surface area contributed by atoms with Gasteiger partial charge in [-0.25, -0.2) is 4.39 Å². The lowest BCUT2D eigenvalue weighted by Crippen LogP contribution is -2.53. The highest BCUT2D eigenvalue weighted by atomic mass is 19.1. The number of aliphatic hydroxyl groups excluding tert-OH is 1. The summed E-state index contributed by atoms with van der Waals surface area (Å²) in [6, 6.07) is 6.17. The third-order valence-corrected chi connectivity index (χ3v) is 6.90. The van der Waals surface area contributed by atoms with Gasteiger partial charge >= 0.3 is 0 Å². The number of benzene rings is 1. The summed E-state index contributed by atoms with van der Waals surface area (Å²) in [7, 11) is 0. The fourth-order valence-corrected chi connectivity index (χ4v) is 5.25. The lowest BCUT2D eigenvalue weighted by molar-refractivity contribution is -0.127. The zero-order chi connectivity index (χ0) is 21.1. The molecule has 164 valence electrons. The number of piperidine rings is 1. The van der Waals surface area contributed by atoms with E-state index in [1.54, 1.807) is 17.0 Å². The minimum absolute atomic E-state index is 0.0308. The number of hydrogen-bond donors (Lipinski definition) is 2. The van der Waals surface area contributed by atoms with E-state index < -0.39 is 11.9 Å². The standard InChI is InChI=1S/C23H32FN3O3/c24-20-9-5-4-8-19(20)23(30)26-12-10-17(11-13-26)27-15-18(28)14-21(27)22(29)25-16-6-2-1-3-7-16/h4-5,8-9,16-18,21,28H,1-3,6-7,10-15H2,(H,25,29)/t18-,21+/m1/s1. The number of nitrogens with zero attached hydrogens (tertiary/aromatic N) is 2. The van der Waals surface area contributed by atoms with E-state index >= 15 is 0 Å². The highest BCUT2D eigenvalue weighted by Crippen LogP contribution is 2.28. The molecular weight excluding hydrogens is 385 g/mol. The van der Waals surface area contributed by atoms with Crippen molar-refractivity contribution in [3.05, 3.63) is 35.6 Å². The second kappa shape index (κ2) is 9.43. The van der Waals surface area contributed by atoms with Gasteiger partial charge in [-0.05, 0) is 44.2 Å². The predicted molar refractivity (Wildman–Crippen MR) is 111 cm³/mol. The average molecular weight is 418 g/mol. The second-order valence-electron chi connectivity index (χ2n) is 8.95. The molecule has 7 heteroatoms. The highest BCUT2D eigenvalue weighted by Gasteiger charge is 2.41. The molecule has 0 spiro atoms. The molecule has 0 radical (unpaired) electrons. The summed E-state index contributed by atoms with van der Waals surface area (Å²) >= 11 is 0. The highest BCUT2D eigenvalue weighted by molar-refractivity contribution is 5.94. The molecule has 0 bridgehead atoms. The third-order valence-electron chi connectivity index (χ3n) is 6.90. The van der Waals surface area contributed by atoms with Gasteiger partial charge in [0.25, 0.3) is 5.91 Å². The van der Waals surface area contributed by atoms with Gasteiger partial charge in [-0.15, -0.1) is 0 Å². The van der Waals surface area contributed by atoms with Crippen molar-refractivity contribution >= 4 is 11.8 Å². The summed E-state index contributed by atoms with van der Waals surface area (Å²) in [5, 5.41) is 13.5. The van der Waals surface area contributed by atoms with E-state index in [-0.39, 0.29) is 35.5 Å². The van der Waals surface area contributed by atoms with E-state index in [1.165, 1.54) is 18.6 Å². The number of halogens is 1. The molecule has 2 aliphatic heterocycles. The van der Waals surface area contributed by atoms with E-state index in [1.807, 2.05) is 0 Å². The van der Waals surface area contributed by atoms with Crippen molar-refractivity contribution in [1.29, 1.82) is 0 Å². The quantitative estimate of drug-likeness (QED) is 0.789. The fourth-order valence-electron chi connectivity index (χ4n) is 5.25. The van der Waals surface area contributed by atoms with E-state index in [9.17, 15) is 19.1 Å². The summed E-state index contributed by atoms with van der Waals surface area (Å²) < 4.78 is 14.0. The van der Waals surface area contributed by atoms with E-state index in [4.69, 9.17) is 0 Å². The lowest BCUT2D eigenvalue weighted by atomic mass is 9.95. The van der Waals surface area contributed by atoms with Gasteiger partial charge in [0, 0.05) is 31.7 Å². The Bertz CT molecular complexity index is 760. The fraction of sp³-hybridized carbons (Fsp3) is 0.652. The smallest absolute Gasteiger partial charge is 0.256 e. The summed E-state index contributed by atoms with van der Waals surface area (Å²) in [6.07, 6.45) is 7.06. The summed E-state index contributed by atoms with van der Waals surface area (Å²) in [6.45, 7) is 1.55. The number of amides is 2. The van der Waals surface area contributed by atoms with E-state index in [2.05, 4.69) is 10.2 Å². The molecule has 1 saturated carbocycles. The van der Waals surface area contributed by atoms with Gasteiger partial charge in [-0.2, -0.15) is 0 Å². The molecule has 2 amide bonds. The largest absolute Gasteiger partial charge is 0.392 e. The van der Waals surface area contributed by atoms with Crippen molar-refractivity contribution in [2.45, 2.75) is 75.6 Å². The zero-order valence-corrected chi connectivity index (χ0v) is 17.4. The molecule has 0 unspecified atom stereocenters. The van der Waals surface area contributed by atoms with Crippen LogP contribution in [0, 0.1) is 5.82 Å². The first kappa shape index (κ1) is 21.2. The zero-order valence-electron chi connectivity index (χ0n) is 17.4. The SMILES string of the molecule is O=C(NC1CCCCC1)[C@@H]1C[C@@H](O)CN1C1CCN(C(=O)c2ccccc2F)CC1. The minimum atomic E-state index is -0.495. The van der Waals surface area contributed by atoms with Gasteiger partial charge < -0.3 is 15.3 Å². The summed E-state index contributed by atoms with van der Waals surface area (Å²) in [4.78, 5) is 29.4. The number of hydrogen-bond acceptors (Lipinski definition) is 4. The number of likely N-dealkylation sites (tertiary alicyclic amines) is 2. The van der Waals surface area contributed by atoms with E-state index in [0.29, 0.717) is 26.1 Å². The molecule has 6 nitrogen and oxygen atoms in total. The van der Waals surface area contributed by atoms with Crippen molar-refractivity contribution in [3.63, 3.8) is 0 Å². The maximum absolute atomic E-state index is 14.0. The maximum atomic E-state index is 14.0. The average Bonchev–Trinajstić information content (AvgIpc) is 3.16. The maximum Gasteiger partial charge on any atom is 0.256 e. The van der Waals surface area contributed by atoms with Gasteiger partial charge in [0.1, 0.15) is 5.82 Å². The number of carbonyl (C=O) groups excluding carboxylic acids is 2. The first-order chi connectivity index (χ1) is 14.5. The Morgan fingerprint density at radius 2 is 1.73 bits per heavy atom. The molecule has 2 atom stereocenters. The van der Waals surface area contributed by atoms with Gasteiger partial charge in [-0.1, -0.05) is 31.4 Å². The van der Waals surface area contributed by atoms with Crippen LogP contribution in [0.5, 0.6) is 0 Å². The second-order valence-corrected chi connectivity index (χ2v) is 8.95. The summed E-state index contributed by atoms with van der Waals surface area (Å²) in [5.41, 5.74) is 0.109. The Kier molecular flexibility index (Phi) is 6.68. The molecule has 1 aliphatic carbocycles. The molecule has 1 aromatic carbocycles. The number of nitrogens with one attached hydrogen (secondary N) is 1. The van der Waals surface area contributed by atoms with Crippen LogP contribution >= 0.6 is 0 Å². The Morgan fingerprint density at radius 1 is 1.03 bits per heavy atom. The Labute approximate surface area is 177 Å². The molecule has 30 heavy (non-hydrogen) atoms. The van der Waals surface area contributed by atoms with Gasteiger partial charge in [0.2, 0.25) is 5.91 Å². The molecule has 1 aromatic rings. The Balaban J connectivity index is 1.35. The molecule has 4 rings (SSSR count). The normalized spacial score (nSPS) is 26.7. The third kappa shape index (κ3) is 4.67. The van der Waals surface area contributed by atoms with Crippen LogP contribution in [0.25, 0.3) is 0 Å². The molecule has 3 aliphatic rings. The first-order valence-corrected chi connectivity index (χ1v) is 11.3. The van der Waals surface area contributed by atoms with Crippen molar-refractivity contribution in [2.75, 3.05) is 19.6 Å². The lowest BCUT2D eigenvalue weighted by Gasteiger charge is -2.39. The van der Waals surface area contributed by atoms with Crippen LogP contribution in [0.15, 0.2) is 24.3 Å². The Morgan fingerprint density at radius 3 is 2.43 bits per heavy atom. The van der Waals surface area contributed by atoms with Crippen LogP contribution in [0.4, 0.5) is 4.39 Å². The minimum Gasteiger partial charge on any atom is -0.392 e. The Hall–Kier alpha value is -1.99. The molecular formula is C23H32FN3O3. The number of β-amino-alcohol motifs (C(OH)–C–C–N with tert-alkyl or cyclic N) is 1. The number of aliphatic hydroxyl groups is 1. The first-order valence-electron chi connectivity index (χ1n) is 11.3. The van der Waals surface area contributed by atoms with Crippen LogP contribution in [-0.4, -0.2) is 70.6 Å². The monoisotopic (exact) mass is 417 g/mol. The molecule has 3 fully saturated rings. The van der Waals surface area contributed by atoms with Crippen LogP contribution in [-0.2, 0) is 4.79 Å². The summed E-state index contributed by atoms with van der Waals surface area (Å²) in [5.74, 6) is -0.741. The molecule has 2 N–H and O–H groups in total. The topological polar surface area (TPSA) is 72.9 Å². The predicted octanol–water partition coefficient (Wildman–Crippen LogP) is 2.31. The van der Waals surface area contributed by atoms with Crippen LogP contribution < -0.4 is 5.32 Å². The molecule has 2 saturated heterocycles. The van der Waals surface area contributed by atoms with Crippen molar-refractivity contribution in [3.8, 4) is 0 Å². The van der Waals surface area contributed by atoms with Crippen LogP contribution in [0.2, 0.25) is 0 Å².